The van der Waals surface area contributed by atoms with Crippen LogP contribution in [-0.4, -0.2) is 27.6 Å². The molecule has 0 bridgehead atoms. The Balaban J connectivity index is 1.84. The number of hydrogen-bond acceptors (Lipinski definition) is 3. The quantitative estimate of drug-likeness (QED) is 0.911. The maximum Gasteiger partial charge on any atom is 0.248 e. The second-order valence-corrected chi connectivity index (χ2v) is 4.82. The van der Waals surface area contributed by atoms with Gasteiger partial charge in [0.15, 0.2) is 5.65 Å². The van der Waals surface area contributed by atoms with Crippen LogP contribution in [0.15, 0.2) is 18.3 Å². The molecule has 96 valence electrons. The van der Waals surface area contributed by atoms with Gasteiger partial charge in [0.2, 0.25) is 5.92 Å². The Kier molecular flexibility index (Phi) is 2.46. The van der Waals surface area contributed by atoms with Crippen molar-refractivity contribution in [3.8, 4) is 0 Å². The molecule has 0 spiro atoms. The Morgan fingerprint density at radius 3 is 2.94 bits per heavy atom. The van der Waals surface area contributed by atoms with Crippen LogP contribution in [0.5, 0.6) is 0 Å². The molecule has 0 radical (unpaired) electrons. The van der Waals surface area contributed by atoms with Crippen molar-refractivity contribution >= 4 is 11.5 Å². The predicted molar refractivity (Wildman–Crippen MR) is 63.9 cm³/mol. The van der Waals surface area contributed by atoms with Gasteiger partial charge in [0, 0.05) is 37.7 Å². The van der Waals surface area contributed by atoms with E-state index in [9.17, 15) is 8.78 Å². The number of hydrogen-bond donors (Lipinski definition) is 1. The second-order valence-electron chi connectivity index (χ2n) is 4.82. The summed E-state index contributed by atoms with van der Waals surface area (Å²) >= 11 is 0. The zero-order valence-electron chi connectivity index (χ0n) is 10.0. The van der Waals surface area contributed by atoms with Crippen LogP contribution in [0.25, 0.3) is 5.65 Å². The standard InChI is InChI=1S/C12H14F2N4/c1-15-11-5-9(4-8-6-12(13,14)7-8)17-10-2-3-16-18(10)11/h2-3,5,8,15H,4,6-7H2,1H3. The van der Waals surface area contributed by atoms with Crippen molar-refractivity contribution in [1.82, 2.24) is 14.6 Å². The molecule has 0 aliphatic heterocycles. The molecule has 1 aliphatic rings. The highest BCUT2D eigenvalue weighted by Crippen LogP contribution is 2.43. The molecule has 1 fully saturated rings. The molecule has 0 saturated heterocycles. The van der Waals surface area contributed by atoms with Gasteiger partial charge < -0.3 is 5.32 Å². The van der Waals surface area contributed by atoms with E-state index in [0.717, 1.165) is 17.2 Å². The summed E-state index contributed by atoms with van der Waals surface area (Å²) in [5.41, 5.74) is 1.58. The molecule has 0 atom stereocenters. The van der Waals surface area contributed by atoms with Gasteiger partial charge in [-0.25, -0.2) is 13.8 Å². The molecule has 1 saturated carbocycles. The monoisotopic (exact) mass is 252 g/mol. The van der Waals surface area contributed by atoms with Crippen LogP contribution in [0.1, 0.15) is 18.5 Å². The molecule has 2 aromatic heterocycles. The van der Waals surface area contributed by atoms with Gasteiger partial charge in [-0.15, -0.1) is 0 Å². The van der Waals surface area contributed by atoms with Gasteiger partial charge in [-0.2, -0.15) is 9.61 Å². The van der Waals surface area contributed by atoms with Gasteiger partial charge in [0.25, 0.3) is 0 Å². The summed E-state index contributed by atoms with van der Waals surface area (Å²) in [5, 5.41) is 7.17. The van der Waals surface area contributed by atoms with E-state index in [1.165, 1.54) is 0 Å². The Bertz CT molecular complexity index is 570. The number of fused-ring (bicyclic) bond motifs is 1. The summed E-state index contributed by atoms with van der Waals surface area (Å²) in [4.78, 5) is 4.43. The van der Waals surface area contributed by atoms with Crippen LogP contribution in [0, 0.1) is 5.92 Å². The molecule has 2 aromatic rings. The predicted octanol–water partition coefficient (Wildman–Crippen LogP) is 2.36. The zero-order chi connectivity index (χ0) is 12.8. The van der Waals surface area contributed by atoms with Crippen LogP contribution in [0.3, 0.4) is 0 Å². The third-order valence-corrected chi connectivity index (χ3v) is 3.34. The number of rotatable bonds is 3. The maximum atomic E-state index is 12.8. The highest BCUT2D eigenvalue weighted by Gasteiger charge is 2.45. The van der Waals surface area contributed by atoms with E-state index in [-0.39, 0.29) is 18.8 Å². The lowest BCUT2D eigenvalue weighted by Crippen LogP contribution is -2.36. The molecule has 3 rings (SSSR count). The Morgan fingerprint density at radius 2 is 2.28 bits per heavy atom. The molecule has 18 heavy (non-hydrogen) atoms. The molecule has 2 heterocycles. The van der Waals surface area contributed by atoms with Crippen LogP contribution in [-0.2, 0) is 6.42 Å². The Labute approximate surface area is 103 Å². The lowest BCUT2D eigenvalue weighted by molar-refractivity contribution is -0.109. The van der Waals surface area contributed by atoms with Crippen molar-refractivity contribution in [2.24, 2.45) is 5.92 Å². The van der Waals surface area contributed by atoms with Gasteiger partial charge in [-0.1, -0.05) is 0 Å². The number of aromatic nitrogens is 3. The van der Waals surface area contributed by atoms with E-state index in [4.69, 9.17) is 0 Å². The third kappa shape index (κ3) is 1.91. The fourth-order valence-electron chi connectivity index (χ4n) is 2.47. The summed E-state index contributed by atoms with van der Waals surface area (Å²) in [6, 6.07) is 3.68. The van der Waals surface area contributed by atoms with E-state index in [1.807, 2.05) is 6.07 Å². The molecular formula is C12H14F2N4. The number of nitrogens with zero attached hydrogens (tertiary/aromatic N) is 3. The van der Waals surface area contributed by atoms with Gasteiger partial charge in [0.05, 0.1) is 6.20 Å². The van der Waals surface area contributed by atoms with Crippen molar-refractivity contribution in [3.63, 3.8) is 0 Å². The maximum absolute atomic E-state index is 12.8. The molecular weight excluding hydrogens is 238 g/mol. The molecule has 0 unspecified atom stereocenters. The number of alkyl halides is 2. The summed E-state index contributed by atoms with van der Waals surface area (Å²) < 4.78 is 27.3. The fraction of sp³-hybridized carbons (Fsp3) is 0.500. The van der Waals surface area contributed by atoms with E-state index < -0.39 is 5.92 Å². The van der Waals surface area contributed by atoms with Crippen LogP contribution in [0.4, 0.5) is 14.6 Å². The number of nitrogens with one attached hydrogen (secondary N) is 1. The van der Waals surface area contributed by atoms with E-state index >= 15 is 0 Å². The first-order valence-corrected chi connectivity index (χ1v) is 5.97. The Hall–Kier alpha value is -1.72. The first-order chi connectivity index (χ1) is 8.57. The van der Waals surface area contributed by atoms with Crippen LogP contribution < -0.4 is 5.32 Å². The number of anilines is 1. The van der Waals surface area contributed by atoms with E-state index in [2.05, 4.69) is 15.4 Å². The topological polar surface area (TPSA) is 42.2 Å². The Morgan fingerprint density at radius 1 is 1.50 bits per heavy atom. The van der Waals surface area contributed by atoms with Gasteiger partial charge in [-0.05, 0) is 12.3 Å². The minimum atomic E-state index is -2.46. The molecule has 1 aliphatic carbocycles. The summed E-state index contributed by atoms with van der Waals surface area (Å²) in [7, 11) is 1.80. The van der Waals surface area contributed by atoms with Crippen molar-refractivity contribution in [3.05, 3.63) is 24.0 Å². The minimum Gasteiger partial charge on any atom is -0.373 e. The molecule has 6 heteroatoms. The minimum absolute atomic E-state index is 0.0198. The lowest BCUT2D eigenvalue weighted by Gasteiger charge is -2.34. The second kappa shape index (κ2) is 3.90. The van der Waals surface area contributed by atoms with Crippen LogP contribution >= 0.6 is 0 Å². The highest BCUT2D eigenvalue weighted by molar-refractivity contribution is 5.48. The van der Waals surface area contributed by atoms with Gasteiger partial charge in [-0.3, -0.25) is 0 Å². The third-order valence-electron chi connectivity index (χ3n) is 3.34. The number of halogens is 2. The fourth-order valence-corrected chi connectivity index (χ4v) is 2.47. The molecule has 1 N–H and O–H groups in total. The normalized spacial score (nSPS) is 18.8. The van der Waals surface area contributed by atoms with Crippen molar-refractivity contribution in [1.29, 1.82) is 0 Å². The molecule has 0 amide bonds. The van der Waals surface area contributed by atoms with Crippen molar-refractivity contribution in [2.75, 3.05) is 12.4 Å². The summed E-state index contributed by atoms with van der Waals surface area (Å²) in [5.74, 6) is -1.59. The average molecular weight is 252 g/mol. The first kappa shape index (κ1) is 11.4. The van der Waals surface area contributed by atoms with Crippen LogP contribution in [0.2, 0.25) is 0 Å². The first-order valence-electron chi connectivity index (χ1n) is 5.97. The largest absolute Gasteiger partial charge is 0.373 e. The summed E-state index contributed by atoms with van der Waals surface area (Å²) in [6.45, 7) is 0. The van der Waals surface area contributed by atoms with Gasteiger partial charge in [0.1, 0.15) is 5.82 Å². The highest BCUT2D eigenvalue weighted by atomic mass is 19.3. The van der Waals surface area contributed by atoms with Gasteiger partial charge >= 0.3 is 0 Å². The average Bonchev–Trinajstić information content (AvgIpc) is 2.73. The molecule has 4 nitrogen and oxygen atoms in total. The van der Waals surface area contributed by atoms with E-state index in [1.54, 1.807) is 23.8 Å². The molecule has 0 aromatic carbocycles. The van der Waals surface area contributed by atoms with Crippen molar-refractivity contribution in [2.45, 2.75) is 25.2 Å². The lowest BCUT2D eigenvalue weighted by atomic mass is 9.78. The summed E-state index contributed by atoms with van der Waals surface area (Å²) in [6.07, 6.45) is 2.23. The van der Waals surface area contributed by atoms with E-state index in [0.29, 0.717) is 6.42 Å². The smallest absolute Gasteiger partial charge is 0.248 e. The zero-order valence-corrected chi connectivity index (χ0v) is 10.0. The van der Waals surface area contributed by atoms with Crippen molar-refractivity contribution < 1.29 is 8.78 Å². The SMILES string of the molecule is CNc1cc(CC2CC(F)(F)C2)nc2ccnn12.